The molecule has 0 bridgehead atoms. The van der Waals surface area contributed by atoms with E-state index in [1.165, 1.54) is 0 Å². The van der Waals surface area contributed by atoms with Gasteiger partial charge in [-0.2, -0.15) is 0 Å². The molecule has 0 atom stereocenters. The number of hydrogen-bond acceptors (Lipinski definition) is 3. The second-order valence-electron chi connectivity index (χ2n) is 4.45. The first-order chi connectivity index (χ1) is 9.10. The second kappa shape index (κ2) is 6.02. The molecule has 1 aliphatic rings. The standard InChI is InChI=1S/C13H16ClN3O2/c1-2-10-6-9(7-11(14)16-10)13(19)17-5-3-4-15-12(18)8-17/h6-7H,2-5,8H2,1H3,(H,15,18). The summed E-state index contributed by atoms with van der Waals surface area (Å²) in [6, 6.07) is 3.28. The Hall–Kier alpha value is -1.62. The summed E-state index contributed by atoms with van der Waals surface area (Å²) < 4.78 is 0. The average Bonchev–Trinajstić information content (AvgIpc) is 2.61. The van der Waals surface area contributed by atoms with E-state index >= 15 is 0 Å². The first-order valence-electron chi connectivity index (χ1n) is 6.32. The van der Waals surface area contributed by atoms with Crippen LogP contribution in [0.3, 0.4) is 0 Å². The van der Waals surface area contributed by atoms with Gasteiger partial charge in [-0.1, -0.05) is 18.5 Å². The van der Waals surface area contributed by atoms with Crippen molar-refractivity contribution in [2.24, 2.45) is 0 Å². The third-order valence-electron chi connectivity index (χ3n) is 3.00. The van der Waals surface area contributed by atoms with Crippen LogP contribution in [0.25, 0.3) is 0 Å². The van der Waals surface area contributed by atoms with Crippen molar-refractivity contribution in [3.05, 3.63) is 28.5 Å². The smallest absolute Gasteiger partial charge is 0.254 e. The topological polar surface area (TPSA) is 62.3 Å². The van der Waals surface area contributed by atoms with Crippen molar-refractivity contribution in [3.8, 4) is 0 Å². The van der Waals surface area contributed by atoms with E-state index in [-0.39, 0.29) is 18.4 Å². The number of carbonyl (C=O) groups is 2. The van der Waals surface area contributed by atoms with Gasteiger partial charge in [-0.25, -0.2) is 4.98 Å². The normalized spacial score (nSPS) is 15.9. The third kappa shape index (κ3) is 3.44. The van der Waals surface area contributed by atoms with Crippen LogP contribution in [0, 0.1) is 0 Å². The number of nitrogens with zero attached hydrogens (tertiary/aromatic N) is 2. The first kappa shape index (κ1) is 13.8. The van der Waals surface area contributed by atoms with Crippen molar-refractivity contribution in [3.63, 3.8) is 0 Å². The summed E-state index contributed by atoms with van der Waals surface area (Å²) in [5.41, 5.74) is 1.27. The van der Waals surface area contributed by atoms with Crippen LogP contribution >= 0.6 is 11.6 Å². The van der Waals surface area contributed by atoms with Gasteiger partial charge in [-0.05, 0) is 25.0 Å². The molecule has 1 aliphatic heterocycles. The number of amides is 2. The predicted molar refractivity (Wildman–Crippen MR) is 72.2 cm³/mol. The summed E-state index contributed by atoms with van der Waals surface area (Å²) in [6.45, 7) is 3.23. The molecule has 0 aliphatic carbocycles. The lowest BCUT2D eigenvalue weighted by Crippen LogP contribution is -2.37. The molecule has 102 valence electrons. The highest BCUT2D eigenvalue weighted by Crippen LogP contribution is 2.14. The molecule has 6 heteroatoms. The van der Waals surface area contributed by atoms with E-state index in [2.05, 4.69) is 10.3 Å². The van der Waals surface area contributed by atoms with E-state index < -0.39 is 0 Å². The lowest BCUT2D eigenvalue weighted by Gasteiger charge is -2.19. The molecule has 5 nitrogen and oxygen atoms in total. The number of rotatable bonds is 2. The highest BCUT2D eigenvalue weighted by molar-refractivity contribution is 6.29. The molecular weight excluding hydrogens is 266 g/mol. The van der Waals surface area contributed by atoms with Gasteiger partial charge in [-0.3, -0.25) is 9.59 Å². The molecule has 2 amide bonds. The fourth-order valence-electron chi connectivity index (χ4n) is 2.02. The van der Waals surface area contributed by atoms with Gasteiger partial charge < -0.3 is 10.2 Å². The Morgan fingerprint density at radius 1 is 1.53 bits per heavy atom. The highest BCUT2D eigenvalue weighted by Gasteiger charge is 2.21. The molecule has 1 saturated heterocycles. The maximum atomic E-state index is 12.4. The highest BCUT2D eigenvalue weighted by atomic mass is 35.5. The van der Waals surface area contributed by atoms with Gasteiger partial charge in [0.25, 0.3) is 5.91 Å². The van der Waals surface area contributed by atoms with Crippen molar-refractivity contribution in [2.75, 3.05) is 19.6 Å². The number of aromatic nitrogens is 1. The largest absolute Gasteiger partial charge is 0.354 e. The fraction of sp³-hybridized carbons (Fsp3) is 0.462. The molecule has 1 aromatic rings. The van der Waals surface area contributed by atoms with Gasteiger partial charge in [0.05, 0.1) is 6.54 Å². The number of nitrogens with one attached hydrogen (secondary N) is 1. The lowest BCUT2D eigenvalue weighted by atomic mass is 10.1. The van der Waals surface area contributed by atoms with Gasteiger partial charge >= 0.3 is 0 Å². The van der Waals surface area contributed by atoms with E-state index in [0.29, 0.717) is 30.2 Å². The van der Waals surface area contributed by atoms with Crippen LogP contribution < -0.4 is 5.32 Å². The number of aryl methyl sites for hydroxylation is 1. The molecular formula is C13H16ClN3O2. The average molecular weight is 282 g/mol. The maximum absolute atomic E-state index is 12.4. The summed E-state index contributed by atoms with van der Waals surface area (Å²) in [4.78, 5) is 29.5. The minimum Gasteiger partial charge on any atom is -0.354 e. The molecule has 0 spiro atoms. The van der Waals surface area contributed by atoms with E-state index in [1.807, 2.05) is 6.92 Å². The van der Waals surface area contributed by atoms with Crippen LogP contribution in [0.15, 0.2) is 12.1 Å². The minimum atomic E-state index is -0.170. The fourth-order valence-corrected chi connectivity index (χ4v) is 2.24. The van der Waals surface area contributed by atoms with Crippen LogP contribution in [-0.4, -0.2) is 41.3 Å². The molecule has 2 rings (SSSR count). The summed E-state index contributed by atoms with van der Waals surface area (Å²) in [7, 11) is 0. The Kier molecular flexibility index (Phi) is 4.37. The Morgan fingerprint density at radius 2 is 2.32 bits per heavy atom. The summed E-state index contributed by atoms with van der Waals surface area (Å²) in [6.07, 6.45) is 1.47. The van der Waals surface area contributed by atoms with Crippen LogP contribution in [0.5, 0.6) is 0 Å². The predicted octanol–water partition coefficient (Wildman–Crippen LogP) is 1.26. The molecule has 0 aromatic carbocycles. The zero-order valence-corrected chi connectivity index (χ0v) is 11.5. The van der Waals surface area contributed by atoms with Gasteiger partial charge in [0.1, 0.15) is 5.15 Å². The van der Waals surface area contributed by atoms with E-state index in [4.69, 9.17) is 11.6 Å². The monoisotopic (exact) mass is 281 g/mol. The SMILES string of the molecule is CCc1cc(C(=O)N2CCCNC(=O)C2)cc(Cl)n1. The van der Waals surface area contributed by atoms with Crippen LogP contribution in [0.1, 0.15) is 29.4 Å². The van der Waals surface area contributed by atoms with Crippen LogP contribution in [0.4, 0.5) is 0 Å². The first-order valence-corrected chi connectivity index (χ1v) is 6.70. The second-order valence-corrected chi connectivity index (χ2v) is 4.84. The third-order valence-corrected chi connectivity index (χ3v) is 3.20. The molecule has 0 saturated carbocycles. The minimum absolute atomic E-state index is 0.0975. The van der Waals surface area contributed by atoms with Gasteiger partial charge in [-0.15, -0.1) is 0 Å². The molecule has 0 radical (unpaired) electrons. The zero-order chi connectivity index (χ0) is 13.8. The summed E-state index contributed by atoms with van der Waals surface area (Å²) in [5.74, 6) is -0.294. The van der Waals surface area contributed by atoms with E-state index in [0.717, 1.165) is 12.1 Å². The van der Waals surface area contributed by atoms with E-state index in [9.17, 15) is 9.59 Å². The van der Waals surface area contributed by atoms with Crippen molar-refractivity contribution in [1.29, 1.82) is 0 Å². The lowest BCUT2D eigenvalue weighted by molar-refractivity contribution is -0.121. The number of hydrogen-bond donors (Lipinski definition) is 1. The van der Waals surface area contributed by atoms with Crippen LogP contribution in [0.2, 0.25) is 5.15 Å². The Labute approximate surface area is 117 Å². The Morgan fingerprint density at radius 3 is 3.05 bits per heavy atom. The molecule has 1 aromatic heterocycles. The van der Waals surface area contributed by atoms with Crippen molar-refractivity contribution < 1.29 is 9.59 Å². The van der Waals surface area contributed by atoms with Crippen LogP contribution in [-0.2, 0) is 11.2 Å². The molecule has 0 unspecified atom stereocenters. The summed E-state index contributed by atoms with van der Waals surface area (Å²) >= 11 is 5.91. The summed E-state index contributed by atoms with van der Waals surface area (Å²) in [5, 5.41) is 3.05. The van der Waals surface area contributed by atoms with Crippen molar-refractivity contribution in [2.45, 2.75) is 19.8 Å². The van der Waals surface area contributed by atoms with Crippen molar-refractivity contribution in [1.82, 2.24) is 15.2 Å². The quantitative estimate of drug-likeness (QED) is 0.830. The molecule has 19 heavy (non-hydrogen) atoms. The zero-order valence-electron chi connectivity index (χ0n) is 10.8. The Balaban J connectivity index is 2.22. The number of pyridine rings is 1. The van der Waals surface area contributed by atoms with Gasteiger partial charge in [0.15, 0.2) is 0 Å². The van der Waals surface area contributed by atoms with Crippen molar-refractivity contribution >= 4 is 23.4 Å². The van der Waals surface area contributed by atoms with Gasteiger partial charge in [0.2, 0.25) is 5.91 Å². The Bertz CT molecular complexity index is 505. The number of halogens is 1. The van der Waals surface area contributed by atoms with E-state index in [1.54, 1.807) is 17.0 Å². The number of carbonyl (C=O) groups excluding carboxylic acids is 2. The molecule has 2 heterocycles. The van der Waals surface area contributed by atoms with Gasteiger partial charge in [0, 0.05) is 24.3 Å². The molecule has 1 N–H and O–H groups in total. The maximum Gasteiger partial charge on any atom is 0.254 e. The molecule has 1 fully saturated rings.